The van der Waals surface area contributed by atoms with Crippen LogP contribution in [0.15, 0.2) is 4.52 Å². The highest BCUT2D eigenvalue weighted by Gasteiger charge is 2.27. The van der Waals surface area contributed by atoms with E-state index in [2.05, 4.69) is 10.1 Å². The molecule has 0 spiro atoms. The Kier molecular flexibility index (Phi) is 3.23. The monoisotopic (exact) mass is 199 g/mol. The third-order valence-electron chi connectivity index (χ3n) is 2.38. The second kappa shape index (κ2) is 4.06. The quantitative estimate of drug-likeness (QED) is 0.792. The summed E-state index contributed by atoms with van der Waals surface area (Å²) in [6, 6.07) is 0. The summed E-state index contributed by atoms with van der Waals surface area (Å²) < 4.78 is 10.1. The second-order valence-electron chi connectivity index (χ2n) is 3.61. The molecule has 80 valence electrons. The first kappa shape index (κ1) is 11.1. The molecule has 1 rings (SSSR count). The molecule has 2 unspecified atom stereocenters. The van der Waals surface area contributed by atoms with Gasteiger partial charge >= 0.3 is 0 Å². The van der Waals surface area contributed by atoms with Crippen molar-refractivity contribution in [2.24, 2.45) is 5.73 Å². The maximum absolute atomic E-state index is 5.96. The predicted octanol–water partition coefficient (Wildman–Crippen LogP) is 1.36. The summed E-state index contributed by atoms with van der Waals surface area (Å²) in [5, 5.41) is 3.81. The molecule has 0 aliphatic heterocycles. The zero-order valence-corrected chi connectivity index (χ0v) is 9.07. The van der Waals surface area contributed by atoms with Gasteiger partial charge in [-0.15, -0.1) is 0 Å². The summed E-state index contributed by atoms with van der Waals surface area (Å²) in [7, 11) is 1.60. The van der Waals surface area contributed by atoms with Gasteiger partial charge in [0.15, 0.2) is 5.82 Å². The van der Waals surface area contributed by atoms with Crippen molar-refractivity contribution in [3.63, 3.8) is 0 Å². The molecule has 1 aromatic rings. The van der Waals surface area contributed by atoms with Crippen LogP contribution in [0.5, 0.6) is 0 Å². The van der Waals surface area contributed by atoms with E-state index in [9.17, 15) is 0 Å². The van der Waals surface area contributed by atoms with Crippen LogP contribution in [-0.4, -0.2) is 17.3 Å². The predicted molar refractivity (Wildman–Crippen MR) is 51.6 cm³/mol. The molecule has 5 heteroatoms. The molecule has 0 aliphatic carbocycles. The average molecular weight is 199 g/mol. The molecule has 0 bridgehead atoms. The van der Waals surface area contributed by atoms with Crippen molar-refractivity contribution in [2.75, 3.05) is 7.11 Å². The Hall–Kier alpha value is -0.940. The number of aromatic nitrogens is 2. The largest absolute Gasteiger partial charge is 0.374 e. The minimum atomic E-state index is -0.557. The molecule has 0 amide bonds. The van der Waals surface area contributed by atoms with Gasteiger partial charge < -0.3 is 15.0 Å². The van der Waals surface area contributed by atoms with Gasteiger partial charge in [0.2, 0.25) is 5.89 Å². The molecule has 1 heterocycles. The van der Waals surface area contributed by atoms with Crippen molar-refractivity contribution in [3.05, 3.63) is 11.7 Å². The SMILES string of the molecule is CCC(C)(N)c1nc(C(C)OC)no1. The summed E-state index contributed by atoms with van der Waals surface area (Å²) in [4.78, 5) is 4.20. The lowest BCUT2D eigenvalue weighted by Gasteiger charge is -2.16. The normalized spacial score (nSPS) is 17.8. The first-order chi connectivity index (χ1) is 6.51. The zero-order valence-electron chi connectivity index (χ0n) is 9.07. The minimum absolute atomic E-state index is 0.167. The van der Waals surface area contributed by atoms with Crippen LogP contribution in [-0.2, 0) is 10.3 Å². The molecular formula is C9H17N3O2. The molecule has 0 saturated heterocycles. The smallest absolute Gasteiger partial charge is 0.246 e. The first-order valence-electron chi connectivity index (χ1n) is 4.67. The zero-order chi connectivity index (χ0) is 10.8. The lowest BCUT2D eigenvalue weighted by atomic mass is 10.0. The van der Waals surface area contributed by atoms with Crippen LogP contribution in [0.25, 0.3) is 0 Å². The molecule has 2 N–H and O–H groups in total. The molecule has 0 aromatic carbocycles. The van der Waals surface area contributed by atoms with Crippen LogP contribution < -0.4 is 5.73 Å². The van der Waals surface area contributed by atoms with Crippen molar-refractivity contribution in [1.82, 2.24) is 10.1 Å². The van der Waals surface area contributed by atoms with Crippen molar-refractivity contribution < 1.29 is 9.26 Å². The van der Waals surface area contributed by atoms with Gasteiger partial charge in [0.05, 0.1) is 5.54 Å². The number of methoxy groups -OCH3 is 1. The van der Waals surface area contributed by atoms with E-state index in [-0.39, 0.29) is 6.10 Å². The summed E-state index contributed by atoms with van der Waals surface area (Å²) in [5.41, 5.74) is 5.40. The average Bonchev–Trinajstić information content (AvgIpc) is 2.66. The van der Waals surface area contributed by atoms with Crippen molar-refractivity contribution in [2.45, 2.75) is 38.8 Å². The van der Waals surface area contributed by atoms with Gasteiger partial charge in [0.25, 0.3) is 0 Å². The fraction of sp³-hybridized carbons (Fsp3) is 0.778. The molecule has 2 atom stereocenters. The third-order valence-corrected chi connectivity index (χ3v) is 2.38. The molecule has 14 heavy (non-hydrogen) atoms. The molecule has 0 fully saturated rings. The molecule has 0 radical (unpaired) electrons. The Labute approximate surface area is 83.6 Å². The fourth-order valence-corrected chi connectivity index (χ4v) is 0.889. The van der Waals surface area contributed by atoms with Gasteiger partial charge in [-0.1, -0.05) is 12.1 Å². The van der Waals surface area contributed by atoms with Gasteiger partial charge in [0.1, 0.15) is 6.10 Å². The molecular weight excluding hydrogens is 182 g/mol. The molecule has 0 aliphatic rings. The number of nitrogens with two attached hydrogens (primary N) is 1. The van der Waals surface area contributed by atoms with Crippen molar-refractivity contribution in [1.29, 1.82) is 0 Å². The molecule has 1 aromatic heterocycles. The van der Waals surface area contributed by atoms with E-state index in [0.717, 1.165) is 6.42 Å². The summed E-state index contributed by atoms with van der Waals surface area (Å²) in [6.45, 7) is 5.69. The van der Waals surface area contributed by atoms with Crippen LogP contribution in [0, 0.1) is 0 Å². The molecule has 0 saturated carbocycles. The van der Waals surface area contributed by atoms with Gasteiger partial charge in [-0.05, 0) is 20.3 Å². The van der Waals surface area contributed by atoms with Gasteiger partial charge in [0, 0.05) is 7.11 Å². The minimum Gasteiger partial charge on any atom is -0.374 e. The Bertz CT molecular complexity index is 296. The fourth-order valence-electron chi connectivity index (χ4n) is 0.889. The maximum Gasteiger partial charge on any atom is 0.246 e. The van der Waals surface area contributed by atoms with Crippen LogP contribution in [0.2, 0.25) is 0 Å². The first-order valence-corrected chi connectivity index (χ1v) is 4.67. The van der Waals surface area contributed by atoms with E-state index < -0.39 is 5.54 Å². The molecule has 5 nitrogen and oxygen atoms in total. The topological polar surface area (TPSA) is 74.2 Å². The van der Waals surface area contributed by atoms with E-state index in [1.54, 1.807) is 7.11 Å². The van der Waals surface area contributed by atoms with E-state index in [1.165, 1.54) is 0 Å². The van der Waals surface area contributed by atoms with Gasteiger partial charge in [-0.2, -0.15) is 4.98 Å². The number of rotatable bonds is 4. The Morgan fingerprint density at radius 2 is 2.29 bits per heavy atom. The summed E-state index contributed by atoms with van der Waals surface area (Å²) in [5.74, 6) is 0.992. The third kappa shape index (κ3) is 2.10. The summed E-state index contributed by atoms with van der Waals surface area (Å²) in [6.07, 6.45) is 0.580. The summed E-state index contributed by atoms with van der Waals surface area (Å²) >= 11 is 0. The lowest BCUT2D eigenvalue weighted by Crippen LogP contribution is -2.32. The maximum atomic E-state index is 5.96. The Balaban J connectivity index is 2.88. The van der Waals surface area contributed by atoms with Gasteiger partial charge in [-0.3, -0.25) is 0 Å². The lowest BCUT2D eigenvalue weighted by molar-refractivity contribution is 0.109. The second-order valence-corrected chi connectivity index (χ2v) is 3.61. The van der Waals surface area contributed by atoms with Crippen LogP contribution in [0.4, 0.5) is 0 Å². The van der Waals surface area contributed by atoms with Crippen LogP contribution >= 0.6 is 0 Å². The van der Waals surface area contributed by atoms with E-state index in [1.807, 2.05) is 20.8 Å². The number of hydrogen-bond donors (Lipinski definition) is 1. The van der Waals surface area contributed by atoms with E-state index in [4.69, 9.17) is 15.0 Å². The number of hydrogen-bond acceptors (Lipinski definition) is 5. The highest BCUT2D eigenvalue weighted by Crippen LogP contribution is 2.21. The van der Waals surface area contributed by atoms with Crippen LogP contribution in [0.1, 0.15) is 45.0 Å². The number of ether oxygens (including phenoxy) is 1. The standard InChI is InChI=1S/C9H17N3O2/c1-5-9(3,10)8-11-7(12-14-8)6(2)13-4/h6H,5,10H2,1-4H3. The van der Waals surface area contributed by atoms with Crippen molar-refractivity contribution >= 4 is 0 Å². The van der Waals surface area contributed by atoms with E-state index in [0.29, 0.717) is 11.7 Å². The Morgan fingerprint density at radius 3 is 2.79 bits per heavy atom. The van der Waals surface area contributed by atoms with Crippen LogP contribution in [0.3, 0.4) is 0 Å². The van der Waals surface area contributed by atoms with Gasteiger partial charge in [-0.25, -0.2) is 0 Å². The Morgan fingerprint density at radius 1 is 1.64 bits per heavy atom. The highest BCUT2D eigenvalue weighted by atomic mass is 16.5. The highest BCUT2D eigenvalue weighted by molar-refractivity contribution is 5.00. The van der Waals surface area contributed by atoms with Crippen molar-refractivity contribution in [3.8, 4) is 0 Å². The van der Waals surface area contributed by atoms with E-state index >= 15 is 0 Å². The number of nitrogens with zero attached hydrogens (tertiary/aromatic N) is 2.